The first-order valence-electron chi connectivity index (χ1n) is 7.46. The molecule has 0 fully saturated rings. The van der Waals surface area contributed by atoms with E-state index in [9.17, 15) is 0 Å². The predicted octanol–water partition coefficient (Wildman–Crippen LogP) is 5.02. The van der Waals surface area contributed by atoms with Crippen LogP contribution in [0, 0.1) is 0 Å². The van der Waals surface area contributed by atoms with Crippen molar-refractivity contribution in [3.05, 3.63) is 77.9 Å². The smallest absolute Gasteiger partial charge is 0.118 e. The Labute approximate surface area is 126 Å². The maximum absolute atomic E-state index is 5.18. The summed E-state index contributed by atoms with van der Waals surface area (Å²) in [5, 5.41) is 2.65. The molecule has 0 saturated heterocycles. The Morgan fingerprint density at radius 1 is 0.714 bits per heavy atom. The van der Waals surface area contributed by atoms with Gasteiger partial charge in [0.05, 0.1) is 7.11 Å². The molecule has 3 rings (SSSR count). The largest absolute Gasteiger partial charge is 0.497 e. The van der Waals surface area contributed by atoms with E-state index < -0.39 is 0 Å². The number of methoxy groups -OCH3 is 1. The third kappa shape index (κ3) is 3.43. The Balaban J connectivity index is 1.60. The molecule has 1 nitrogen and oxygen atoms in total. The Hall–Kier alpha value is -2.28. The van der Waals surface area contributed by atoms with Gasteiger partial charge >= 0.3 is 0 Å². The summed E-state index contributed by atoms with van der Waals surface area (Å²) in [4.78, 5) is 0. The highest BCUT2D eigenvalue weighted by atomic mass is 16.5. The van der Waals surface area contributed by atoms with Gasteiger partial charge < -0.3 is 4.74 Å². The third-order valence-corrected chi connectivity index (χ3v) is 3.90. The van der Waals surface area contributed by atoms with E-state index in [1.54, 1.807) is 7.11 Å². The van der Waals surface area contributed by atoms with Crippen LogP contribution in [0.1, 0.15) is 17.5 Å². The minimum atomic E-state index is 0.924. The molecule has 1 heteroatoms. The van der Waals surface area contributed by atoms with E-state index in [-0.39, 0.29) is 0 Å². The standard InChI is InChI=1S/C20H20O/c1-21-20-13-10-16(11-14-20)5-4-6-17-9-12-18-7-2-3-8-19(18)15-17/h2-3,7-15H,4-6H2,1H3. The first-order chi connectivity index (χ1) is 10.3. The van der Waals surface area contributed by atoms with Crippen molar-refractivity contribution in [1.82, 2.24) is 0 Å². The minimum Gasteiger partial charge on any atom is -0.497 e. The Morgan fingerprint density at radius 3 is 2.14 bits per heavy atom. The summed E-state index contributed by atoms with van der Waals surface area (Å²) in [6.07, 6.45) is 3.40. The van der Waals surface area contributed by atoms with Gasteiger partial charge in [-0.3, -0.25) is 0 Å². The summed E-state index contributed by atoms with van der Waals surface area (Å²) in [6.45, 7) is 0. The Morgan fingerprint density at radius 2 is 1.38 bits per heavy atom. The number of ether oxygens (including phenoxy) is 1. The lowest BCUT2D eigenvalue weighted by atomic mass is 10.0. The van der Waals surface area contributed by atoms with E-state index >= 15 is 0 Å². The number of hydrogen-bond acceptors (Lipinski definition) is 1. The van der Waals surface area contributed by atoms with Crippen LogP contribution in [0.25, 0.3) is 10.8 Å². The van der Waals surface area contributed by atoms with Crippen LogP contribution in [-0.4, -0.2) is 7.11 Å². The quantitative estimate of drug-likeness (QED) is 0.635. The fraction of sp³-hybridized carbons (Fsp3) is 0.200. The highest BCUT2D eigenvalue weighted by Gasteiger charge is 1.98. The van der Waals surface area contributed by atoms with E-state index in [1.807, 2.05) is 12.1 Å². The van der Waals surface area contributed by atoms with Gasteiger partial charge in [0.25, 0.3) is 0 Å². The average molecular weight is 276 g/mol. The van der Waals surface area contributed by atoms with Crippen LogP contribution in [0.3, 0.4) is 0 Å². The summed E-state index contributed by atoms with van der Waals surface area (Å²) in [5.74, 6) is 0.924. The molecule has 0 N–H and O–H groups in total. The molecule has 0 aliphatic carbocycles. The van der Waals surface area contributed by atoms with E-state index in [4.69, 9.17) is 4.74 Å². The number of aryl methyl sites for hydroxylation is 2. The molecule has 3 aromatic rings. The summed E-state index contributed by atoms with van der Waals surface area (Å²) >= 11 is 0. The topological polar surface area (TPSA) is 9.23 Å². The summed E-state index contributed by atoms with van der Waals surface area (Å²) in [5.41, 5.74) is 2.79. The van der Waals surface area contributed by atoms with E-state index in [0.717, 1.165) is 18.6 Å². The lowest BCUT2D eigenvalue weighted by Gasteiger charge is -2.05. The molecule has 0 radical (unpaired) electrons. The second-order valence-electron chi connectivity index (χ2n) is 5.38. The maximum Gasteiger partial charge on any atom is 0.118 e. The molecule has 3 aromatic carbocycles. The number of rotatable bonds is 5. The van der Waals surface area contributed by atoms with Crippen molar-refractivity contribution in [2.24, 2.45) is 0 Å². The number of hydrogen-bond donors (Lipinski definition) is 0. The number of fused-ring (bicyclic) bond motifs is 1. The maximum atomic E-state index is 5.18. The molecular formula is C20H20O. The molecular weight excluding hydrogens is 256 g/mol. The summed E-state index contributed by atoms with van der Waals surface area (Å²) < 4.78 is 5.18. The fourth-order valence-electron chi connectivity index (χ4n) is 2.68. The molecule has 0 bridgehead atoms. The van der Waals surface area contributed by atoms with Gasteiger partial charge in [0, 0.05) is 0 Å². The van der Waals surface area contributed by atoms with Crippen molar-refractivity contribution in [3.8, 4) is 5.75 Å². The van der Waals surface area contributed by atoms with Gasteiger partial charge in [-0.25, -0.2) is 0 Å². The second-order valence-corrected chi connectivity index (χ2v) is 5.38. The van der Waals surface area contributed by atoms with Crippen LogP contribution in [0.15, 0.2) is 66.7 Å². The van der Waals surface area contributed by atoms with Crippen molar-refractivity contribution >= 4 is 10.8 Å². The van der Waals surface area contributed by atoms with Gasteiger partial charge in [0.15, 0.2) is 0 Å². The summed E-state index contributed by atoms with van der Waals surface area (Å²) in [7, 11) is 1.70. The normalized spacial score (nSPS) is 10.7. The highest BCUT2D eigenvalue weighted by Crippen LogP contribution is 2.18. The third-order valence-electron chi connectivity index (χ3n) is 3.90. The van der Waals surface area contributed by atoms with E-state index in [2.05, 4.69) is 54.6 Å². The van der Waals surface area contributed by atoms with Gasteiger partial charge in [-0.1, -0.05) is 54.6 Å². The van der Waals surface area contributed by atoms with Crippen molar-refractivity contribution in [2.45, 2.75) is 19.3 Å². The molecule has 0 aliphatic heterocycles. The Bertz CT molecular complexity index is 713. The summed E-state index contributed by atoms with van der Waals surface area (Å²) in [6, 6.07) is 23.7. The lowest BCUT2D eigenvalue weighted by Crippen LogP contribution is -1.91. The second kappa shape index (κ2) is 6.45. The molecule has 0 amide bonds. The van der Waals surface area contributed by atoms with Gasteiger partial charge in [0.1, 0.15) is 5.75 Å². The number of benzene rings is 3. The van der Waals surface area contributed by atoms with Crippen molar-refractivity contribution in [3.63, 3.8) is 0 Å². The van der Waals surface area contributed by atoms with Crippen molar-refractivity contribution < 1.29 is 4.74 Å². The average Bonchev–Trinajstić information content (AvgIpc) is 2.55. The zero-order valence-corrected chi connectivity index (χ0v) is 12.4. The SMILES string of the molecule is COc1ccc(CCCc2ccc3ccccc3c2)cc1. The van der Waals surface area contributed by atoms with Gasteiger partial charge in [-0.05, 0) is 53.3 Å². The molecule has 0 heterocycles. The van der Waals surface area contributed by atoms with Gasteiger partial charge in [0.2, 0.25) is 0 Å². The zero-order valence-electron chi connectivity index (χ0n) is 12.4. The Kier molecular flexibility index (Phi) is 4.20. The van der Waals surface area contributed by atoms with Crippen LogP contribution in [-0.2, 0) is 12.8 Å². The van der Waals surface area contributed by atoms with Crippen LogP contribution in [0.5, 0.6) is 5.75 Å². The zero-order chi connectivity index (χ0) is 14.5. The molecule has 0 spiro atoms. The van der Waals surface area contributed by atoms with Crippen LogP contribution in [0.4, 0.5) is 0 Å². The van der Waals surface area contributed by atoms with Crippen LogP contribution >= 0.6 is 0 Å². The van der Waals surface area contributed by atoms with Crippen LogP contribution < -0.4 is 4.74 Å². The first-order valence-corrected chi connectivity index (χ1v) is 7.46. The molecule has 0 unspecified atom stereocenters. The molecule has 106 valence electrons. The molecule has 0 aliphatic rings. The van der Waals surface area contributed by atoms with Gasteiger partial charge in [-0.15, -0.1) is 0 Å². The molecule has 0 aromatic heterocycles. The highest BCUT2D eigenvalue weighted by molar-refractivity contribution is 5.82. The van der Waals surface area contributed by atoms with Gasteiger partial charge in [-0.2, -0.15) is 0 Å². The molecule has 0 saturated carbocycles. The van der Waals surface area contributed by atoms with E-state index in [1.165, 1.54) is 28.3 Å². The minimum absolute atomic E-state index is 0.924. The molecule has 0 atom stereocenters. The van der Waals surface area contributed by atoms with Crippen molar-refractivity contribution in [2.75, 3.05) is 7.11 Å². The fourth-order valence-corrected chi connectivity index (χ4v) is 2.68. The first kappa shape index (κ1) is 13.7. The monoisotopic (exact) mass is 276 g/mol. The lowest BCUT2D eigenvalue weighted by molar-refractivity contribution is 0.414. The molecule has 21 heavy (non-hydrogen) atoms. The predicted molar refractivity (Wildman–Crippen MR) is 89.0 cm³/mol. The van der Waals surface area contributed by atoms with Crippen molar-refractivity contribution in [1.29, 1.82) is 0 Å². The van der Waals surface area contributed by atoms with Crippen LogP contribution in [0.2, 0.25) is 0 Å². The van der Waals surface area contributed by atoms with E-state index in [0.29, 0.717) is 0 Å².